The molecule has 1 aromatic heterocycles. The van der Waals surface area contributed by atoms with Crippen LogP contribution >= 0.6 is 15.9 Å². The van der Waals surface area contributed by atoms with Gasteiger partial charge in [0, 0.05) is 18.8 Å². The Morgan fingerprint density at radius 2 is 2.00 bits per heavy atom. The van der Waals surface area contributed by atoms with Crippen LogP contribution in [0.15, 0.2) is 9.00 Å². The summed E-state index contributed by atoms with van der Waals surface area (Å²) in [6.07, 6.45) is 0.649. The van der Waals surface area contributed by atoms with Crippen LogP contribution in [-0.2, 0) is 0 Å². The zero-order valence-corrected chi connectivity index (χ0v) is 9.56. The van der Waals surface area contributed by atoms with Gasteiger partial charge in [0.2, 0.25) is 5.92 Å². The van der Waals surface area contributed by atoms with E-state index in [4.69, 9.17) is 10.3 Å². The largest absolute Gasteiger partial charge is 0.380 e. The molecule has 0 spiro atoms. The first kappa shape index (κ1) is 10.9. The van der Waals surface area contributed by atoms with Crippen LogP contribution in [0.3, 0.4) is 0 Å². The third-order valence-corrected chi connectivity index (χ3v) is 3.57. The minimum Gasteiger partial charge on any atom is -0.380 e. The lowest BCUT2D eigenvalue weighted by atomic mass is 9.85. The second-order valence-electron chi connectivity index (χ2n) is 3.88. The number of halogens is 3. The summed E-state index contributed by atoms with van der Waals surface area (Å²) in [7, 11) is 0. The van der Waals surface area contributed by atoms with Crippen molar-refractivity contribution in [3.8, 4) is 0 Å². The fraction of sp³-hybridized carbons (Fsp3) is 0.667. The Bertz CT molecular complexity index is 357. The Labute approximate surface area is 94.1 Å². The number of hydrogen-bond acceptors (Lipinski definition) is 3. The van der Waals surface area contributed by atoms with Crippen molar-refractivity contribution < 1.29 is 13.3 Å². The van der Waals surface area contributed by atoms with Crippen molar-refractivity contribution in [3.63, 3.8) is 0 Å². The zero-order valence-electron chi connectivity index (χ0n) is 7.97. The lowest BCUT2D eigenvalue weighted by Gasteiger charge is -2.26. The Hall–Kier alpha value is -0.650. The molecular weight excluding hydrogens is 270 g/mol. The highest BCUT2D eigenvalue weighted by Gasteiger charge is 2.37. The number of hydrogen-bond donors (Lipinski definition) is 1. The van der Waals surface area contributed by atoms with E-state index in [0.717, 1.165) is 0 Å². The first-order chi connectivity index (χ1) is 6.99. The molecule has 2 rings (SSSR count). The quantitative estimate of drug-likeness (QED) is 0.859. The highest BCUT2D eigenvalue weighted by atomic mass is 79.9. The first-order valence-electron chi connectivity index (χ1n) is 4.78. The molecule has 0 unspecified atom stereocenters. The van der Waals surface area contributed by atoms with Gasteiger partial charge in [0.05, 0.1) is 0 Å². The molecule has 1 aromatic rings. The topological polar surface area (TPSA) is 52.0 Å². The van der Waals surface area contributed by atoms with Gasteiger partial charge in [-0.05, 0) is 28.8 Å². The summed E-state index contributed by atoms with van der Waals surface area (Å²) in [6.45, 7) is 0. The van der Waals surface area contributed by atoms with Crippen LogP contribution < -0.4 is 5.73 Å². The van der Waals surface area contributed by atoms with Crippen LogP contribution in [0.4, 0.5) is 14.6 Å². The minimum absolute atomic E-state index is 0.00352. The smallest absolute Gasteiger partial charge is 0.248 e. The van der Waals surface area contributed by atoms with E-state index in [1.165, 1.54) is 0 Å². The van der Waals surface area contributed by atoms with Gasteiger partial charge in [-0.1, -0.05) is 5.16 Å². The van der Waals surface area contributed by atoms with Crippen LogP contribution in [0, 0.1) is 0 Å². The highest BCUT2D eigenvalue weighted by molar-refractivity contribution is 9.10. The predicted molar refractivity (Wildman–Crippen MR) is 54.8 cm³/mol. The normalized spacial score (nSPS) is 21.8. The van der Waals surface area contributed by atoms with Gasteiger partial charge >= 0.3 is 0 Å². The second kappa shape index (κ2) is 3.73. The zero-order chi connectivity index (χ0) is 11.1. The van der Waals surface area contributed by atoms with Gasteiger partial charge in [-0.15, -0.1) is 0 Å². The molecule has 0 aromatic carbocycles. The Morgan fingerprint density at radius 1 is 1.40 bits per heavy atom. The molecule has 0 radical (unpaired) electrons. The maximum Gasteiger partial charge on any atom is 0.248 e. The van der Waals surface area contributed by atoms with Crippen molar-refractivity contribution >= 4 is 21.7 Å². The number of rotatable bonds is 1. The number of alkyl halides is 2. The van der Waals surface area contributed by atoms with E-state index >= 15 is 0 Å². The maximum absolute atomic E-state index is 12.9. The fourth-order valence-corrected chi connectivity index (χ4v) is 2.33. The molecule has 6 heteroatoms. The van der Waals surface area contributed by atoms with Crippen LogP contribution in [0.1, 0.15) is 37.4 Å². The standard InChI is InChI=1S/C9H11BrF2N2O/c10-6-7(15-14-8(6)13)5-1-3-9(11,12)4-2-5/h5H,1-4H2,(H2,13,14). The van der Waals surface area contributed by atoms with Crippen molar-refractivity contribution in [2.24, 2.45) is 0 Å². The monoisotopic (exact) mass is 280 g/mol. The Kier molecular flexibility index (Phi) is 2.70. The summed E-state index contributed by atoms with van der Waals surface area (Å²) < 4.78 is 31.5. The summed E-state index contributed by atoms with van der Waals surface area (Å²) in [5, 5.41) is 3.60. The molecule has 1 aliphatic rings. The molecule has 84 valence electrons. The molecule has 0 saturated heterocycles. The van der Waals surface area contributed by atoms with Gasteiger partial charge in [-0.25, -0.2) is 8.78 Å². The summed E-state index contributed by atoms with van der Waals surface area (Å²) in [4.78, 5) is 0. The number of nitrogen functional groups attached to an aromatic ring is 1. The number of anilines is 1. The molecule has 0 amide bonds. The molecule has 0 bridgehead atoms. The Morgan fingerprint density at radius 3 is 2.47 bits per heavy atom. The lowest BCUT2D eigenvalue weighted by Crippen LogP contribution is -2.23. The van der Waals surface area contributed by atoms with E-state index in [1.54, 1.807) is 0 Å². The highest BCUT2D eigenvalue weighted by Crippen LogP contribution is 2.43. The van der Waals surface area contributed by atoms with Gasteiger partial charge < -0.3 is 10.3 Å². The SMILES string of the molecule is Nc1noc(C2CCC(F)(F)CC2)c1Br. The van der Waals surface area contributed by atoms with Crippen molar-refractivity contribution in [1.29, 1.82) is 0 Å². The predicted octanol–water partition coefficient (Wildman–Crippen LogP) is 3.31. The van der Waals surface area contributed by atoms with Gasteiger partial charge in [-0.2, -0.15) is 0 Å². The molecule has 1 aliphatic carbocycles. The van der Waals surface area contributed by atoms with E-state index < -0.39 is 5.92 Å². The summed E-state index contributed by atoms with van der Waals surface area (Å²) in [5.41, 5.74) is 5.50. The number of nitrogens with zero attached hydrogens (tertiary/aromatic N) is 1. The summed E-state index contributed by atoms with van der Waals surface area (Å²) in [6, 6.07) is 0. The molecule has 3 nitrogen and oxygen atoms in total. The van der Waals surface area contributed by atoms with Crippen molar-refractivity contribution in [2.45, 2.75) is 37.5 Å². The van der Waals surface area contributed by atoms with E-state index in [2.05, 4.69) is 21.1 Å². The summed E-state index contributed by atoms with van der Waals surface area (Å²) >= 11 is 3.25. The third kappa shape index (κ3) is 2.14. The van der Waals surface area contributed by atoms with Gasteiger partial charge in [0.15, 0.2) is 11.6 Å². The van der Waals surface area contributed by atoms with Crippen molar-refractivity contribution in [2.75, 3.05) is 5.73 Å². The first-order valence-corrected chi connectivity index (χ1v) is 5.57. The van der Waals surface area contributed by atoms with Crippen LogP contribution in [0.2, 0.25) is 0 Å². The van der Waals surface area contributed by atoms with Crippen molar-refractivity contribution in [3.05, 3.63) is 10.2 Å². The average molecular weight is 281 g/mol. The van der Waals surface area contributed by atoms with Crippen LogP contribution in [0.5, 0.6) is 0 Å². The lowest BCUT2D eigenvalue weighted by molar-refractivity contribution is -0.0399. The second-order valence-corrected chi connectivity index (χ2v) is 4.67. The fourth-order valence-electron chi connectivity index (χ4n) is 1.86. The third-order valence-electron chi connectivity index (χ3n) is 2.77. The van der Waals surface area contributed by atoms with Crippen LogP contribution in [-0.4, -0.2) is 11.1 Å². The molecular formula is C9H11BrF2N2O. The Balaban J connectivity index is 2.11. The molecule has 1 fully saturated rings. The number of aromatic nitrogens is 1. The molecule has 15 heavy (non-hydrogen) atoms. The van der Waals surface area contributed by atoms with Crippen LogP contribution in [0.25, 0.3) is 0 Å². The average Bonchev–Trinajstić information content (AvgIpc) is 2.49. The van der Waals surface area contributed by atoms with E-state index in [0.29, 0.717) is 23.1 Å². The number of nitrogens with two attached hydrogens (primary N) is 1. The maximum atomic E-state index is 12.9. The molecule has 1 saturated carbocycles. The molecule has 2 N–H and O–H groups in total. The van der Waals surface area contributed by atoms with E-state index in [9.17, 15) is 8.78 Å². The van der Waals surface area contributed by atoms with Gasteiger partial charge in [0.25, 0.3) is 0 Å². The van der Waals surface area contributed by atoms with Crippen molar-refractivity contribution in [1.82, 2.24) is 5.16 Å². The molecule has 0 aliphatic heterocycles. The van der Waals surface area contributed by atoms with E-state index in [1.807, 2.05) is 0 Å². The van der Waals surface area contributed by atoms with Gasteiger partial charge in [0.1, 0.15) is 4.47 Å². The summed E-state index contributed by atoms with van der Waals surface area (Å²) in [5.74, 6) is -1.64. The minimum atomic E-state index is -2.52. The van der Waals surface area contributed by atoms with E-state index in [-0.39, 0.29) is 24.6 Å². The molecule has 1 heterocycles. The van der Waals surface area contributed by atoms with Gasteiger partial charge in [-0.3, -0.25) is 0 Å². The molecule has 0 atom stereocenters.